The van der Waals surface area contributed by atoms with E-state index in [-0.39, 0.29) is 12.5 Å². The summed E-state index contributed by atoms with van der Waals surface area (Å²) in [5.41, 5.74) is 0. The van der Waals surface area contributed by atoms with Gasteiger partial charge in [0.15, 0.2) is 6.29 Å². The Bertz CT molecular complexity index is 171. The van der Waals surface area contributed by atoms with Crippen LogP contribution >= 0.6 is 0 Å². The lowest BCUT2D eigenvalue weighted by atomic mass is 9.92. The molecule has 1 heterocycles. The summed E-state index contributed by atoms with van der Waals surface area (Å²) in [6.07, 6.45) is -3.29. The lowest BCUT2D eigenvalue weighted by Crippen LogP contribution is -2.55. The van der Waals surface area contributed by atoms with Gasteiger partial charge in [0.05, 0.1) is 12.7 Å². The fourth-order valence-corrected chi connectivity index (χ4v) is 1.57. The maximum absolute atomic E-state index is 9.62. The van der Waals surface area contributed by atoms with Crippen molar-refractivity contribution in [3.05, 3.63) is 0 Å². The maximum Gasteiger partial charge on any atom is 0.163 e. The van der Waals surface area contributed by atoms with E-state index in [1.807, 2.05) is 6.92 Å². The van der Waals surface area contributed by atoms with Crippen LogP contribution in [0.1, 0.15) is 13.8 Å². The highest BCUT2D eigenvalue weighted by atomic mass is 16.7. The molecule has 0 spiro atoms. The van der Waals surface area contributed by atoms with Gasteiger partial charge in [-0.3, -0.25) is 0 Å². The van der Waals surface area contributed by atoms with Gasteiger partial charge in [-0.25, -0.2) is 0 Å². The second-order valence-corrected chi connectivity index (χ2v) is 3.52. The summed E-state index contributed by atoms with van der Waals surface area (Å²) in [4.78, 5) is 0. The van der Waals surface area contributed by atoms with Crippen molar-refractivity contribution in [1.82, 2.24) is 0 Å². The van der Waals surface area contributed by atoms with Gasteiger partial charge in [-0.05, 0) is 6.92 Å². The standard InChI is InChI=1S/C9H18O5/c1-3-13-9-5(2)7(11)8(12)6(4-10)14-9/h5-12H,3-4H2,1-2H3. The van der Waals surface area contributed by atoms with E-state index in [4.69, 9.17) is 14.6 Å². The smallest absolute Gasteiger partial charge is 0.163 e. The normalized spacial score (nSPS) is 43.9. The summed E-state index contributed by atoms with van der Waals surface area (Å²) in [6.45, 7) is 3.70. The Morgan fingerprint density at radius 2 is 1.93 bits per heavy atom. The van der Waals surface area contributed by atoms with Crippen LogP contribution in [0.15, 0.2) is 0 Å². The number of aliphatic hydroxyl groups is 3. The Hall–Kier alpha value is -0.200. The lowest BCUT2D eigenvalue weighted by Gasteiger charge is -2.40. The minimum atomic E-state index is -1.05. The van der Waals surface area contributed by atoms with E-state index in [0.29, 0.717) is 6.61 Å². The van der Waals surface area contributed by atoms with Crippen molar-refractivity contribution < 1.29 is 24.8 Å². The monoisotopic (exact) mass is 206 g/mol. The second-order valence-electron chi connectivity index (χ2n) is 3.52. The first kappa shape index (κ1) is 11.9. The Morgan fingerprint density at radius 3 is 2.43 bits per heavy atom. The Morgan fingerprint density at radius 1 is 1.29 bits per heavy atom. The van der Waals surface area contributed by atoms with Gasteiger partial charge in [0.1, 0.15) is 12.2 Å². The van der Waals surface area contributed by atoms with Crippen molar-refractivity contribution in [2.75, 3.05) is 13.2 Å². The van der Waals surface area contributed by atoms with Gasteiger partial charge in [0, 0.05) is 12.5 Å². The molecule has 3 N–H and O–H groups in total. The molecule has 0 bridgehead atoms. The Labute approximate surface area is 83.3 Å². The van der Waals surface area contributed by atoms with E-state index in [9.17, 15) is 10.2 Å². The molecule has 1 saturated heterocycles. The predicted molar refractivity (Wildman–Crippen MR) is 48.6 cm³/mol. The summed E-state index contributed by atoms with van der Waals surface area (Å²) in [6, 6.07) is 0. The van der Waals surface area contributed by atoms with Crippen LogP contribution in [-0.2, 0) is 9.47 Å². The van der Waals surface area contributed by atoms with Crippen LogP contribution < -0.4 is 0 Å². The molecular weight excluding hydrogens is 188 g/mol. The molecule has 0 amide bonds. The summed E-state index contributed by atoms with van der Waals surface area (Å²) >= 11 is 0. The van der Waals surface area contributed by atoms with E-state index in [1.54, 1.807) is 6.92 Å². The first-order valence-corrected chi connectivity index (χ1v) is 4.85. The van der Waals surface area contributed by atoms with Crippen molar-refractivity contribution >= 4 is 0 Å². The van der Waals surface area contributed by atoms with Gasteiger partial charge in [-0.2, -0.15) is 0 Å². The quantitative estimate of drug-likeness (QED) is 0.557. The minimum Gasteiger partial charge on any atom is -0.394 e. The number of hydrogen-bond acceptors (Lipinski definition) is 5. The molecule has 1 rings (SSSR count). The van der Waals surface area contributed by atoms with Crippen LogP contribution in [0.3, 0.4) is 0 Å². The second kappa shape index (κ2) is 5.04. The molecule has 5 heteroatoms. The minimum absolute atomic E-state index is 0.298. The molecule has 14 heavy (non-hydrogen) atoms. The zero-order chi connectivity index (χ0) is 10.7. The number of ether oxygens (including phenoxy) is 2. The molecule has 1 fully saturated rings. The Balaban J connectivity index is 2.63. The van der Waals surface area contributed by atoms with Gasteiger partial charge >= 0.3 is 0 Å². The van der Waals surface area contributed by atoms with E-state index >= 15 is 0 Å². The molecule has 5 atom stereocenters. The van der Waals surface area contributed by atoms with Crippen LogP contribution in [0.4, 0.5) is 0 Å². The number of hydrogen-bond donors (Lipinski definition) is 3. The molecule has 1 aliphatic heterocycles. The zero-order valence-electron chi connectivity index (χ0n) is 8.46. The fraction of sp³-hybridized carbons (Fsp3) is 1.00. The van der Waals surface area contributed by atoms with Crippen LogP contribution in [0.25, 0.3) is 0 Å². The van der Waals surface area contributed by atoms with Crippen molar-refractivity contribution in [3.63, 3.8) is 0 Å². The molecule has 5 nitrogen and oxygen atoms in total. The molecule has 5 unspecified atom stereocenters. The van der Waals surface area contributed by atoms with Crippen LogP contribution in [0.2, 0.25) is 0 Å². The summed E-state index contributed by atoms with van der Waals surface area (Å²) in [5, 5.41) is 28.0. The van der Waals surface area contributed by atoms with Crippen molar-refractivity contribution in [3.8, 4) is 0 Å². The van der Waals surface area contributed by atoms with E-state index < -0.39 is 24.6 Å². The highest BCUT2D eigenvalue weighted by Gasteiger charge is 2.42. The molecule has 0 saturated carbocycles. The maximum atomic E-state index is 9.62. The topological polar surface area (TPSA) is 79.2 Å². The third-order valence-corrected chi connectivity index (χ3v) is 2.52. The average molecular weight is 206 g/mol. The molecule has 0 aromatic heterocycles. The highest BCUT2D eigenvalue weighted by molar-refractivity contribution is 4.86. The van der Waals surface area contributed by atoms with Crippen molar-refractivity contribution in [2.24, 2.45) is 5.92 Å². The first-order chi connectivity index (χ1) is 6.61. The molecule has 1 aliphatic rings. The predicted octanol–water partition coefficient (Wildman–Crippen LogP) is -0.902. The van der Waals surface area contributed by atoms with Crippen molar-refractivity contribution in [2.45, 2.75) is 38.4 Å². The van der Waals surface area contributed by atoms with Gasteiger partial charge < -0.3 is 24.8 Å². The first-order valence-electron chi connectivity index (χ1n) is 4.85. The number of rotatable bonds is 3. The largest absolute Gasteiger partial charge is 0.394 e. The van der Waals surface area contributed by atoms with E-state index in [0.717, 1.165) is 0 Å². The van der Waals surface area contributed by atoms with Crippen molar-refractivity contribution in [1.29, 1.82) is 0 Å². The fourth-order valence-electron chi connectivity index (χ4n) is 1.57. The third-order valence-electron chi connectivity index (χ3n) is 2.52. The van der Waals surface area contributed by atoms with Gasteiger partial charge in [-0.1, -0.05) is 6.92 Å². The van der Waals surface area contributed by atoms with Gasteiger partial charge in [0.2, 0.25) is 0 Å². The zero-order valence-corrected chi connectivity index (χ0v) is 8.46. The highest BCUT2D eigenvalue weighted by Crippen LogP contribution is 2.26. The van der Waals surface area contributed by atoms with Crippen LogP contribution in [0, 0.1) is 5.92 Å². The summed E-state index contributed by atoms with van der Waals surface area (Å²) in [5.74, 6) is -0.298. The average Bonchev–Trinajstić information content (AvgIpc) is 2.19. The third kappa shape index (κ3) is 2.24. The van der Waals surface area contributed by atoms with Gasteiger partial charge in [0.25, 0.3) is 0 Å². The Kier molecular flexibility index (Phi) is 4.28. The molecule has 0 aromatic rings. The van der Waals surface area contributed by atoms with E-state index in [2.05, 4.69) is 0 Å². The summed E-state index contributed by atoms with van der Waals surface area (Å²) in [7, 11) is 0. The molecular formula is C9H18O5. The van der Waals surface area contributed by atoms with Crippen LogP contribution in [0.5, 0.6) is 0 Å². The molecule has 84 valence electrons. The lowest BCUT2D eigenvalue weighted by molar-refractivity contribution is -0.281. The van der Waals surface area contributed by atoms with Gasteiger partial charge in [-0.15, -0.1) is 0 Å². The molecule has 0 aromatic carbocycles. The number of aliphatic hydroxyl groups excluding tert-OH is 3. The van der Waals surface area contributed by atoms with Crippen LogP contribution in [-0.4, -0.2) is 53.1 Å². The molecule has 0 radical (unpaired) electrons. The summed E-state index contributed by atoms with van der Waals surface area (Å²) < 4.78 is 10.5. The van der Waals surface area contributed by atoms with E-state index in [1.165, 1.54) is 0 Å². The SMILES string of the molecule is CCOC1OC(CO)C(O)C(O)C1C. The molecule has 0 aliphatic carbocycles.